The fraction of sp³-hybridized carbons (Fsp3) is 0.0435. The molecule has 6 nitrogen and oxygen atoms in total. The van der Waals surface area contributed by atoms with Crippen LogP contribution in [0.5, 0.6) is 0 Å². The Morgan fingerprint density at radius 3 is 2.31 bits per heavy atom. The lowest BCUT2D eigenvalue weighted by Crippen LogP contribution is -2.42. The number of aromatic nitrogens is 2. The van der Waals surface area contributed by atoms with Crippen molar-refractivity contribution in [3.8, 4) is 11.4 Å². The predicted molar refractivity (Wildman–Crippen MR) is 118 cm³/mol. The first-order valence-electron chi connectivity index (χ1n) is 9.50. The van der Waals surface area contributed by atoms with E-state index < -0.39 is 17.6 Å². The lowest BCUT2D eigenvalue weighted by atomic mass is 10.2. The standard InChI is InChI=1S/C23H16F2N4O2S/c24-16-8-6-14(7-9-16)21-26-19-11-10-17(25)12-18(19)23(27-21)32-13-20(30)28-29-22(31)15-4-2-1-3-5-15/h1-12H,13H2,(H,28,30)(H,29,31). The lowest BCUT2D eigenvalue weighted by Gasteiger charge is -2.10. The van der Waals surface area contributed by atoms with Gasteiger partial charge in [0.2, 0.25) is 5.91 Å². The van der Waals surface area contributed by atoms with Crippen molar-refractivity contribution in [2.45, 2.75) is 5.03 Å². The van der Waals surface area contributed by atoms with Gasteiger partial charge in [0, 0.05) is 16.5 Å². The van der Waals surface area contributed by atoms with E-state index in [4.69, 9.17) is 0 Å². The van der Waals surface area contributed by atoms with Gasteiger partial charge in [0.15, 0.2) is 5.82 Å². The molecule has 0 fully saturated rings. The summed E-state index contributed by atoms with van der Waals surface area (Å²) in [4.78, 5) is 33.2. The monoisotopic (exact) mass is 450 g/mol. The molecule has 0 aliphatic rings. The molecular formula is C23H16F2N4O2S. The van der Waals surface area contributed by atoms with Crippen molar-refractivity contribution in [3.63, 3.8) is 0 Å². The number of rotatable bonds is 5. The van der Waals surface area contributed by atoms with E-state index in [0.717, 1.165) is 11.8 Å². The van der Waals surface area contributed by atoms with Crippen LogP contribution in [0.25, 0.3) is 22.3 Å². The zero-order valence-corrected chi connectivity index (χ0v) is 17.3. The fourth-order valence-electron chi connectivity index (χ4n) is 2.87. The molecule has 0 aliphatic carbocycles. The van der Waals surface area contributed by atoms with Gasteiger partial charge in [0.25, 0.3) is 5.91 Å². The Hall–Kier alpha value is -3.85. The molecule has 1 aromatic heterocycles. The van der Waals surface area contributed by atoms with Crippen LogP contribution in [0.3, 0.4) is 0 Å². The fourth-order valence-corrected chi connectivity index (χ4v) is 3.68. The Morgan fingerprint density at radius 2 is 1.56 bits per heavy atom. The first kappa shape index (κ1) is 21.4. The third-order valence-electron chi connectivity index (χ3n) is 4.42. The highest BCUT2D eigenvalue weighted by atomic mass is 32.2. The zero-order valence-electron chi connectivity index (χ0n) is 16.5. The van der Waals surface area contributed by atoms with Gasteiger partial charge in [-0.2, -0.15) is 0 Å². The number of carbonyl (C=O) groups is 2. The largest absolute Gasteiger partial charge is 0.272 e. The third-order valence-corrected chi connectivity index (χ3v) is 5.41. The number of hydrogen-bond donors (Lipinski definition) is 2. The quantitative estimate of drug-likeness (QED) is 0.271. The summed E-state index contributed by atoms with van der Waals surface area (Å²) in [6, 6.07) is 18.2. The van der Waals surface area contributed by atoms with Crippen molar-refractivity contribution in [2.75, 3.05) is 5.75 Å². The Bertz CT molecular complexity index is 1280. The van der Waals surface area contributed by atoms with E-state index in [-0.39, 0.29) is 11.6 Å². The number of halogens is 2. The maximum Gasteiger partial charge on any atom is 0.269 e. The molecule has 4 aromatic rings. The number of amides is 2. The molecule has 2 amide bonds. The van der Waals surface area contributed by atoms with Crippen LogP contribution in [0.2, 0.25) is 0 Å². The van der Waals surface area contributed by atoms with Crippen molar-refractivity contribution >= 4 is 34.5 Å². The molecule has 1 heterocycles. The molecule has 0 saturated carbocycles. The first-order valence-corrected chi connectivity index (χ1v) is 10.5. The van der Waals surface area contributed by atoms with Crippen molar-refractivity contribution in [3.05, 3.63) is 90.0 Å². The van der Waals surface area contributed by atoms with E-state index in [0.29, 0.717) is 32.9 Å². The van der Waals surface area contributed by atoms with Crippen molar-refractivity contribution in [1.29, 1.82) is 0 Å². The summed E-state index contributed by atoms with van der Waals surface area (Å²) in [6.07, 6.45) is 0. The van der Waals surface area contributed by atoms with Crippen molar-refractivity contribution in [1.82, 2.24) is 20.8 Å². The molecule has 0 bridgehead atoms. The number of hydrazine groups is 1. The molecule has 0 spiro atoms. The van der Waals surface area contributed by atoms with E-state index in [1.807, 2.05) is 0 Å². The van der Waals surface area contributed by atoms with Crippen LogP contribution >= 0.6 is 11.8 Å². The Labute approximate surface area is 186 Å². The Kier molecular flexibility index (Phi) is 6.37. The summed E-state index contributed by atoms with van der Waals surface area (Å²) in [5.74, 6) is -1.52. The third kappa shape index (κ3) is 5.06. The van der Waals surface area contributed by atoms with Gasteiger partial charge < -0.3 is 0 Å². The Morgan fingerprint density at radius 1 is 0.844 bits per heavy atom. The summed E-state index contributed by atoms with van der Waals surface area (Å²) in [5, 5.41) is 0.834. The highest BCUT2D eigenvalue weighted by Crippen LogP contribution is 2.29. The predicted octanol–water partition coefficient (Wildman–Crippen LogP) is 4.13. The number of fused-ring (bicyclic) bond motifs is 1. The molecule has 0 unspecified atom stereocenters. The highest BCUT2D eigenvalue weighted by molar-refractivity contribution is 8.00. The maximum atomic E-state index is 13.8. The summed E-state index contributed by atoms with van der Waals surface area (Å²) in [5.41, 5.74) is 6.16. The second kappa shape index (κ2) is 9.52. The van der Waals surface area contributed by atoms with Gasteiger partial charge in [-0.25, -0.2) is 18.7 Å². The van der Waals surface area contributed by atoms with E-state index in [1.165, 1.54) is 30.3 Å². The molecular weight excluding hydrogens is 434 g/mol. The van der Waals surface area contributed by atoms with Crippen LogP contribution in [0, 0.1) is 11.6 Å². The number of nitrogens with zero attached hydrogens (tertiary/aromatic N) is 2. The molecule has 0 radical (unpaired) electrons. The number of hydrogen-bond acceptors (Lipinski definition) is 5. The number of thioether (sulfide) groups is 1. The number of carbonyl (C=O) groups excluding carboxylic acids is 2. The topological polar surface area (TPSA) is 84.0 Å². The van der Waals surface area contributed by atoms with Gasteiger partial charge in [0.1, 0.15) is 16.7 Å². The first-order chi connectivity index (χ1) is 15.5. The molecule has 2 N–H and O–H groups in total. The second-order valence-corrected chi connectivity index (χ2v) is 7.64. The lowest BCUT2D eigenvalue weighted by molar-refractivity contribution is -0.119. The van der Waals surface area contributed by atoms with Crippen molar-refractivity contribution < 1.29 is 18.4 Å². The highest BCUT2D eigenvalue weighted by Gasteiger charge is 2.14. The van der Waals surface area contributed by atoms with Gasteiger partial charge in [0.05, 0.1) is 11.3 Å². The smallest absolute Gasteiger partial charge is 0.269 e. The minimum Gasteiger partial charge on any atom is -0.272 e. The normalized spacial score (nSPS) is 10.7. The summed E-state index contributed by atoms with van der Waals surface area (Å²) >= 11 is 1.07. The molecule has 32 heavy (non-hydrogen) atoms. The molecule has 160 valence electrons. The van der Waals surface area contributed by atoms with Crippen LogP contribution in [0.4, 0.5) is 8.78 Å². The maximum absolute atomic E-state index is 13.8. The zero-order chi connectivity index (χ0) is 22.5. The van der Waals surface area contributed by atoms with E-state index in [2.05, 4.69) is 20.8 Å². The molecule has 0 atom stereocenters. The van der Waals surface area contributed by atoms with Crippen LogP contribution in [0.15, 0.2) is 77.8 Å². The number of nitrogens with one attached hydrogen (secondary N) is 2. The second-order valence-electron chi connectivity index (χ2n) is 6.68. The number of benzene rings is 3. The molecule has 0 aliphatic heterocycles. The van der Waals surface area contributed by atoms with Crippen molar-refractivity contribution in [2.24, 2.45) is 0 Å². The van der Waals surface area contributed by atoms with Gasteiger partial charge in [-0.1, -0.05) is 30.0 Å². The molecule has 3 aromatic carbocycles. The van der Waals surface area contributed by atoms with Gasteiger partial charge in [-0.15, -0.1) is 0 Å². The van der Waals surface area contributed by atoms with Gasteiger partial charge in [-0.05, 0) is 54.6 Å². The van der Waals surface area contributed by atoms with E-state index >= 15 is 0 Å². The van der Waals surface area contributed by atoms with Crippen LogP contribution in [-0.4, -0.2) is 27.5 Å². The van der Waals surface area contributed by atoms with E-state index in [9.17, 15) is 18.4 Å². The molecule has 9 heteroatoms. The summed E-state index contributed by atoms with van der Waals surface area (Å²) in [6.45, 7) is 0. The Balaban J connectivity index is 1.51. The summed E-state index contributed by atoms with van der Waals surface area (Å²) in [7, 11) is 0. The van der Waals surface area contributed by atoms with E-state index in [1.54, 1.807) is 42.5 Å². The van der Waals surface area contributed by atoms with Crippen LogP contribution in [0.1, 0.15) is 10.4 Å². The average molecular weight is 450 g/mol. The minimum atomic E-state index is -0.467. The minimum absolute atomic E-state index is 0.0828. The van der Waals surface area contributed by atoms with Gasteiger partial charge >= 0.3 is 0 Å². The SMILES string of the molecule is O=C(CSc1nc(-c2ccc(F)cc2)nc2ccc(F)cc12)NNC(=O)c1ccccc1. The average Bonchev–Trinajstić information content (AvgIpc) is 2.82. The van der Waals surface area contributed by atoms with Crippen LogP contribution in [-0.2, 0) is 4.79 Å². The molecule has 0 saturated heterocycles. The molecule has 4 rings (SSSR count). The van der Waals surface area contributed by atoms with Crippen LogP contribution < -0.4 is 10.9 Å². The summed E-state index contributed by atoms with van der Waals surface area (Å²) < 4.78 is 27.1. The van der Waals surface area contributed by atoms with Gasteiger partial charge in [-0.3, -0.25) is 20.4 Å².